The number of rotatable bonds is 2. The van der Waals surface area contributed by atoms with Gasteiger partial charge in [-0.25, -0.2) is 4.79 Å². The Morgan fingerprint density at radius 3 is 2.61 bits per heavy atom. The van der Waals surface area contributed by atoms with Gasteiger partial charge in [0.05, 0.1) is 13.9 Å². The summed E-state index contributed by atoms with van der Waals surface area (Å²) in [6, 6.07) is 2.64. The number of hydrogen-bond donors (Lipinski definition) is 0. The van der Waals surface area contributed by atoms with Crippen LogP contribution in [0.1, 0.15) is 85.1 Å². The molecule has 3 heterocycles. The van der Waals surface area contributed by atoms with Gasteiger partial charge in [0, 0.05) is 40.4 Å². The number of amides is 1. The van der Waals surface area contributed by atoms with Crippen molar-refractivity contribution in [1.82, 2.24) is 9.88 Å². The lowest BCUT2D eigenvalue weighted by molar-refractivity contribution is 0.00578. The zero-order valence-corrected chi connectivity index (χ0v) is 17.3. The minimum absolute atomic E-state index is 0.164. The molecule has 7 heteroatoms. The SMILES string of the molecule is [2H]C1([2H])N(C(=O)OC(C)(C)C)C([2H])([2H])C([2H])(c2cc(B3OC(C)(C)C(C)(C)O3)ccn2)C([2H])([2H])C1([2H])[2H]. The zero-order chi connectivity index (χ0) is 28.8. The molecule has 28 heavy (non-hydrogen) atoms. The van der Waals surface area contributed by atoms with Gasteiger partial charge < -0.3 is 18.9 Å². The van der Waals surface area contributed by atoms with Gasteiger partial charge in [-0.2, -0.15) is 0 Å². The van der Waals surface area contributed by atoms with Gasteiger partial charge in [0.2, 0.25) is 0 Å². The third-order valence-corrected chi connectivity index (χ3v) is 4.72. The van der Waals surface area contributed by atoms with Crippen LogP contribution >= 0.6 is 0 Å². The maximum Gasteiger partial charge on any atom is 0.494 e. The van der Waals surface area contributed by atoms with Crippen LogP contribution in [0.4, 0.5) is 4.79 Å². The van der Waals surface area contributed by atoms with Gasteiger partial charge in [-0.05, 0) is 78.8 Å². The van der Waals surface area contributed by atoms with Crippen molar-refractivity contribution in [2.24, 2.45) is 0 Å². The summed E-state index contributed by atoms with van der Waals surface area (Å²) >= 11 is 0. The molecule has 1 atom stereocenters. The third kappa shape index (κ3) is 4.52. The van der Waals surface area contributed by atoms with Crippen LogP contribution in [-0.4, -0.2) is 52.9 Å². The van der Waals surface area contributed by atoms with Crippen molar-refractivity contribution in [1.29, 1.82) is 0 Å². The average molecular weight is 397 g/mol. The molecule has 2 fully saturated rings. The van der Waals surface area contributed by atoms with Crippen molar-refractivity contribution in [3.05, 3.63) is 24.0 Å². The van der Waals surface area contributed by atoms with Gasteiger partial charge in [0.25, 0.3) is 0 Å². The molecule has 0 bridgehead atoms. The van der Waals surface area contributed by atoms with Crippen LogP contribution in [0.25, 0.3) is 0 Å². The second-order valence-corrected chi connectivity index (χ2v) is 8.73. The molecule has 2 saturated heterocycles. The standard InChI is InChI=1S/C21H33BN2O4/c1-19(2,3)26-18(25)24-12-8-9-15(14-24)17-13-16(10-11-23-17)22-27-20(4,5)21(6,7)28-22/h10-11,13,15H,8-9,12,14H2,1-7H3/i8D2,9D2,12D2,14D2,15D. The predicted molar refractivity (Wildman–Crippen MR) is 110 cm³/mol. The van der Waals surface area contributed by atoms with Gasteiger partial charge in [0.1, 0.15) is 5.60 Å². The molecular weight excluding hydrogens is 355 g/mol. The Balaban J connectivity index is 2.23. The van der Waals surface area contributed by atoms with E-state index in [9.17, 15) is 4.79 Å². The first kappa shape index (κ1) is 12.2. The van der Waals surface area contributed by atoms with Crippen LogP contribution in [0, 0.1) is 0 Å². The van der Waals surface area contributed by atoms with E-state index < -0.39 is 67.3 Å². The Morgan fingerprint density at radius 2 is 2.00 bits per heavy atom. The van der Waals surface area contributed by atoms with Crippen molar-refractivity contribution in [2.75, 3.05) is 13.0 Å². The fraction of sp³-hybridized carbons (Fsp3) is 0.714. The highest BCUT2D eigenvalue weighted by atomic mass is 16.7. The Labute approximate surface area is 181 Å². The van der Waals surface area contributed by atoms with Gasteiger partial charge in [-0.1, -0.05) is 0 Å². The number of piperidine rings is 1. The van der Waals surface area contributed by atoms with Crippen molar-refractivity contribution in [3.63, 3.8) is 0 Å². The highest BCUT2D eigenvalue weighted by Gasteiger charge is 2.51. The molecule has 3 rings (SSSR count). The maximum atomic E-state index is 13.1. The van der Waals surface area contributed by atoms with Crippen LogP contribution in [0.3, 0.4) is 0 Å². The van der Waals surface area contributed by atoms with E-state index >= 15 is 0 Å². The normalized spacial score (nSPS) is 38.9. The first-order valence-electron chi connectivity index (χ1n) is 13.6. The Bertz CT molecular complexity index is 1080. The summed E-state index contributed by atoms with van der Waals surface area (Å²) in [5.74, 6) is -3.26. The summed E-state index contributed by atoms with van der Waals surface area (Å²) in [7, 11) is -0.985. The van der Waals surface area contributed by atoms with E-state index in [0.717, 1.165) is 6.07 Å². The predicted octanol–water partition coefficient (Wildman–Crippen LogP) is 3.50. The molecule has 0 aliphatic carbocycles. The minimum atomic E-state index is -3.58. The number of aromatic nitrogens is 1. The second kappa shape index (κ2) is 7.34. The Morgan fingerprint density at radius 1 is 1.36 bits per heavy atom. The molecular formula is C21H33BN2O4. The first-order valence-corrected chi connectivity index (χ1v) is 9.13. The molecule has 6 nitrogen and oxygen atoms in total. The smallest absolute Gasteiger partial charge is 0.444 e. The van der Waals surface area contributed by atoms with Crippen molar-refractivity contribution in [2.45, 2.75) is 83.9 Å². The summed E-state index contributed by atoms with van der Waals surface area (Å²) in [6.45, 7) is 4.60. The van der Waals surface area contributed by atoms with Crippen LogP contribution in [-0.2, 0) is 14.0 Å². The minimum Gasteiger partial charge on any atom is -0.444 e. The number of likely N-dealkylation sites (tertiary alicyclic amines) is 1. The highest BCUT2D eigenvalue weighted by Crippen LogP contribution is 2.36. The van der Waals surface area contributed by atoms with E-state index in [2.05, 4.69) is 4.98 Å². The zero-order valence-electron chi connectivity index (χ0n) is 26.3. The number of carbonyl (C=O) groups excluding carboxylic acids is 1. The lowest BCUT2D eigenvalue weighted by Gasteiger charge is -2.34. The maximum absolute atomic E-state index is 13.1. The Hall–Kier alpha value is -1.60. The van der Waals surface area contributed by atoms with Gasteiger partial charge in [0.15, 0.2) is 0 Å². The molecule has 154 valence electrons. The van der Waals surface area contributed by atoms with Crippen LogP contribution in [0.2, 0.25) is 0 Å². The van der Waals surface area contributed by atoms with Crippen LogP contribution in [0.5, 0.6) is 0 Å². The molecule has 1 amide bonds. The quantitative estimate of drug-likeness (QED) is 0.715. The number of nitrogens with zero attached hydrogens (tertiary/aromatic N) is 2. The van der Waals surface area contributed by atoms with Gasteiger partial charge >= 0.3 is 13.2 Å². The molecule has 1 aromatic heterocycles. The van der Waals surface area contributed by atoms with Crippen molar-refractivity contribution < 1.29 is 31.2 Å². The average Bonchev–Trinajstić information content (AvgIpc) is 2.91. The van der Waals surface area contributed by atoms with Crippen molar-refractivity contribution in [3.8, 4) is 0 Å². The lowest BCUT2D eigenvalue weighted by atomic mass is 9.78. The molecule has 0 aromatic carbocycles. The summed E-state index contributed by atoms with van der Waals surface area (Å²) in [6.07, 6.45) is -7.52. The van der Waals surface area contributed by atoms with Gasteiger partial charge in [-0.3, -0.25) is 4.98 Å². The summed E-state index contributed by atoms with van der Waals surface area (Å²) < 4.78 is 94.5. The van der Waals surface area contributed by atoms with E-state index in [1.54, 1.807) is 0 Å². The van der Waals surface area contributed by atoms with E-state index in [-0.39, 0.29) is 10.4 Å². The van der Waals surface area contributed by atoms with E-state index in [1.165, 1.54) is 33.0 Å². The molecule has 1 aromatic rings. The number of ether oxygens (including phenoxy) is 1. The largest absolute Gasteiger partial charge is 0.494 e. The van der Waals surface area contributed by atoms with E-state index in [0.29, 0.717) is 0 Å². The fourth-order valence-corrected chi connectivity index (χ4v) is 2.54. The lowest BCUT2D eigenvalue weighted by Crippen LogP contribution is -2.42. The van der Waals surface area contributed by atoms with Crippen LogP contribution < -0.4 is 5.46 Å². The molecule has 0 radical (unpaired) electrons. The van der Waals surface area contributed by atoms with Crippen LogP contribution in [0.15, 0.2) is 18.3 Å². The third-order valence-electron chi connectivity index (χ3n) is 4.72. The van der Waals surface area contributed by atoms with E-state index in [4.69, 9.17) is 26.4 Å². The molecule has 1 unspecified atom stereocenters. The monoisotopic (exact) mass is 397 g/mol. The topological polar surface area (TPSA) is 60.9 Å². The van der Waals surface area contributed by atoms with Gasteiger partial charge in [-0.15, -0.1) is 0 Å². The molecule has 0 N–H and O–H groups in total. The molecule has 0 saturated carbocycles. The fourth-order valence-electron chi connectivity index (χ4n) is 2.54. The molecule has 0 spiro atoms. The summed E-state index contributed by atoms with van der Waals surface area (Å²) in [4.78, 5) is 16.9. The van der Waals surface area contributed by atoms with Crippen molar-refractivity contribution >= 4 is 18.7 Å². The van der Waals surface area contributed by atoms with E-state index in [1.807, 2.05) is 27.7 Å². The molecule has 2 aliphatic rings. The number of hydrogen-bond acceptors (Lipinski definition) is 5. The number of carbonyl (C=O) groups is 1. The summed E-state index contributed by atoms with van der Waals surface area (Å²) in [5, 5.41) is 0. The first-order chi connectivity index (χ1) is 16.3. The Kier molecular flexibility index (Phi) is 3.19. The highest BCUT2D eigenvalue weighted by molar-refractivity contribution is 6.62. The summed E-state index contributed by atoms with van der Waals surface area (Å²) in [5.41, 5.74) is -3.02. The number of pyridine rings is 1. The second-order valence-electron chi connectivity index (χ2n) is 8.73. The molecule has 2 aliphatic heterocycles.